The van der Waals surface area contributed by atoms with Crippen molar-refractivity contribution in [3.8, 4) is 0 Å². The van der Waals surface area contributed by atoms with E-state index in [2.05, 4.69) is 20.5 Å². The van der Waals surface area contributed by atoms with Crippen molar-refractivity contribution in [1.82, 2.24) is 30.1 Å². The van der Waals surface area contributed by atoms with Crippen LogP contribution in [-0.4, -0.2) is 69.9 Å². The maximum absolute atomic E-state index is 13.4. The summed E-state index contributed by atoms with van der Waals surface area (Å²) >= 11 is 0. The second kappa shape index (κ2) is 9.73. The van der Waals surface area contributed by atoms with Crippen LogP contribution in [0, 0.1) is 6.92 Å². The quantitative estimate of drug-likeness (QED) is 0.790. The Morgan fingerprint density at radius 2 is 1.93 bits per heavy atom. The summed E-state index contributed by atoms with van der Waals surface area (Å²) in [5, 5.41) is 11.7. The van der Waals surface area contributed by atoms with Crippen LogP contribution in [0.1, 0.15) is 24.3 Å². The zero-order valence-electron chi connectivity index (χ0n) is 16.0. The molecule has 0 atom stereocenters. The van der Waals surface area contributed by atoms with Gasteiger partial charge in [-0.2, -0.15) is 5.10 Å². The number of aryl methyl sites for hydroxylation is 1. The van der Waals surface area contributed by atoms with E-state index in [1.165, 1.54) is 0 Å². The van der Waals surface area contributed by atoms with E-state index in [0.29, 0.717) is 0 Å². The molecular formula is C18H28Cl2N6O2. The maximum atomic E-state index is 13.4. The van der Waals surface area contributed by atoms with Crippen molar-refractivity contribution in [2.75, 3.05) is 39.3 Å². The molecule has 0 aliphatic carbocycles. The molecule has 2 aromatic rings. The van der Waals surface area contributed by atoms with Crippen molar-refractivity contribution in [2.24, 2.45) is 0 Å². The lowest BCUT2D eigenvalue weighted by Crippen LogP contribution is -2.59. The van der Waals surface area contributed by atoms with E-state index in [1.54, 1.807) is 6.20 Å². The number of amides is 1. The molecule has 4 rings (SSSR count). The van der Waals surface area contributed by atoms with Gasteiger partial charge in [-0.25, -0.2) is 0 Å². The first kappa shape index (κ1) is 22.7. The molecule has 2 aromatic heterocycles. The molecule has 10 heteroatoms. The number of carbonyl (C=O) groups excluding carboxylic acids is 1. The Bertz CT molecular complexity index is 737. The summed E-state index contributed by atoms with van der Waals surface area (Å²) in [7, 11) is 0. The van der Waals surface area contributed by atoms with Gasteiger partial charge in [-0.15, -0.1) is 24.8 Å². The fourth-order valence-corrected chi connectivity index (χ4v) is 4.02. The number of nitrogens with zero attached hydrogens (tertiary/aromatic N) is 5. The molecule has 1 N–H and O–H groups in total. The van der Waals surface area contributed by atoms with Crippen molar-refractivity contribution in [1.29, 1.82) is 0 Å². The number of nitrogens with one attached hydrogen (secondary N) is 1. The lowest BCUT2D eigenvalue weighted by molar-refractivity contribution is -0.145. The van der Waals surface area contributed by atoms with Crippen molar-refractivity contribution in [3.63, 3.8) is 0 Å². The molecule has 0 bridgehead atoms. The summed E-state index contributed by atoms with van der Waals surface area (Å²) in [5.41, 5.74) is 0.361. The highest BCUT2D eigenvalue weighted by Crippen LogP contribution is 2.30. The van der Waals surface area contributed by atoms with Gasteiger partial charge in [0.1, 0.15) is 5.54 Å². The molecule has 0 aromatic carbocycles. The standard InChI is InChI=1S/C18H26N6O2.2ClH/c1-15-13-16(26-21-15)14-22-9-11-23(12-10-22)17(25)18(3-6-19-7-4-18)24-8-2-5-20-24;;/h2,5,8,13,19H,3-4,6-7,9-12,14H2,1H3;2*1H. The van der Waals surface area contributed by atoms with E-state index in [9.17, 15) is 4.79 Å². The van der Waals surface area contributed by atoms with Crippen LogP contribution < -0.4 is 5.32 Å². The normalized spacial score (nSPS) is 19.5. The van der Waals surface area contributed by atoms with Gasteiger partial charge in [0.2, 0.25) is 0 Å². The Labute approximate surface area is 177 Å². The van der Waals surface area contributed by atoms with Gasteiger partial charge < -0.3 is 14.7 Å². The highest BCUT2D eigenvalue weighted by Gasteiger charge is 2.44. The first-order valence-electron chi connectivity index (χ1n) is 9.32. The first-order valence-corrected chi connectivity index (χ1v) is 9.32. The molecule has 8 nitrogen and oxygen atoms in total. The molecule has 0 radical (unpaired) electrons. The second-order valence-electron chi connectivity index (χ2n) is 7.24. The summed E-state index contributed by atoms with van der Waals surface area (Å²) in [6, 6.07) is 3.87. The van der Waals surface area contributed by atoms with Crippen LogP contribution in [-0.2, 0) is 16.9 Å². The number of rotatable bonds is 4. The van der Waals surface area contributed by atoms with Crippen molar-refractivity contribution >= 4 is 30.7 Å². The van der Waals surface area contributed by atoms with Gasteiger partial charge in [-0.3, -0.25) is 14.4 Å². The van der Waals surface area contributed by atoms with E-state index in [4.69, 9.17) is 4.52 Å². The molecule has 0 spiro atoms. The monoisotopic (exact) mass is 430 g/mol. The molecule has 4 heterocycles. The van der Waals surface area contributed by atoms with Crippen LogP contribution in [0.3, 0.4) is 0 Å². The van der Waals surface area contributed by atoms with Crippen LogP contribution in [0.5, 0.6) is 0 Å². The van der Waals surface area contributed by atoms with Gasteiger partial charge in [-0.1, -0.05) is 5.16 Å². The lowest BCUT2D eigenvalue weighted by Gasteiger charge is -2.43. The number of hydrogen-bond acceptors (Lipinski definition) is 6. The average molecular weight is 431 g/mol. The number of piperidine rings is 1. The third-order valence-corrected chi connectivity index (χ3v) is 5.49. The molecule has 0 unspecified atom stereocenters. The van der Waals surface area contributed by atoms with Gasteiger partial charge in [0.25, 0.3) is 5.91 Å². The van der Waals surface area contributed by atoms with Crippen LogP contribution in [0.2, 0.25) is 0 Å². The largest absolute Gasteiger partial charge is 0.360 e. The SMILES string of the molecule is Cc1cc(CN2CCN(C(=O)C3(n4cccn4)CCNCC3)CC2)on1.Cl.Cl. The Morgan fingerprint density at radius 3 is 2.50 bits per heavy atom. The second-order valence-corrected chi connectivity index (χ2v) is 7.24. The first-order chi connectivity index (χ1) is 12.7. The third kappa shape index (κ3) is 4.51. The molecule has 2 saturated heterocycles. The minimum atomic E-state index is -0.543. The smallest absolute Gasteiger partial charge is 0.250 e. The minimum Gasteiger partial charge on any atom is -0.360 e. The highest BCUT2D eigenvalue weighted by atomic mass is 35.5. The average Bonchev–Trinajstić information content (AvgIpc) is 3.35. The van der Waals surface area contributed by atoms with E-state index >= 15 is 0 Å². The molecule has 0 saturated carbocycles. The fourth-order valence-electron chi connectivity index (χ4n) is 4.02. The van der Waals surface area contributed by atoms with Gasteiger partial charge >= 0.3 is 0 Å². The van der Waals surface area contributed by atoms with Gasteiger partial charge in [0.15, 0.2) is 5.76 Å². The summed E-state index contributed by atoms with van der Waals surface area (Å²) in [6.07, 6.45) is 5.25. The fraction of sp³-hybridized carbons (Fsp3) is 0.611. The number of carbonyl (C=O) groups is 1. The van der Waals surface area contributed by atoms with Gasteiger partial charge in [-0.05, 0) is 38.9 Å². The summed E-state index contributed by atoms with van der Waals surface area (Å²) in [4.78, 5) is 17.8. The Balaban J connectivity index is 0.00000140. The van der Waals surface area contributed by atoms with Crippen molar-refractivity contribution in [2.45, 2.75) is 31.8 Å². The summed E-state index contributed by atoms with van der Waals surface area (Å²) in [5.74, 6) is 1.09. The Kier molecular flexibility index (Phi) is 7.88. The molecule has 156 valence electrons. The van der Waals surface area contributed by atoms with E-state index in [1.807, 2.05) is 34.8 Å². The molecule has 2 aliphatic heterocycles. The molecule has 28 heavy (non-hydrogen) atoms. The maximum Gasteiger partial charge on any atom is 0.250 e. The number of piperazine rings is 1. The molecule has 2 aliphatic rings. The summed E-state index contributed by atoms with van der Waals surface area (Å²) < 4.78 is 7.19. The van der Waals surface area contributed by atoms with Crippen LogP contribution in [0.25, 0.3) is 0 Å². The van der Waals surface area contributed by atoms with Crippen LogP contribution in [0.15, 0.2) is 29.0 Å². The Hall–Kier alpha value is -1.61. The number of halogens is 2. The van der Waals surface area contributed by atoms with E-state index < -0.39 is 5.54 Å². The molecule has 1 amide bonds. The van der Waals surface area contributed by atoms with Crippen molar-refractivity contribution in [3.05, 3.63) is 36.0 Å². The number of aromatic nitrogens is 3. The van der Waals surface area contributed by atoms with Crippen LogP contribution >= 0.6 is 24.8 Å². The zero-order valence-corrected chi connectivity index (χ0v) is 17.7. The van der Waals surface area contributed by atoms with Crippen LogP contribution in [0.4, 0.5) is 0 Å². The third-order valence-electron chi connectivity index (χ3n) is 5.49. The summed E-state index contributed by atoms with van der Waals surface area (Å²) in [6.45, 7) is 7.53. The number of hydrogen-bond donors (Lipinski definition) is 1. The topological polar surface area (TPSA) is 79.4 Å². The predicted molar refractivity (Wildman–Crippen MR) is 110 cm³/mol. The van der Waals surface area contributed by atoms with Gasteiger partial charge in [0, 0.05) is 44.6 Å². The van der Waals surface area contributed by atoms with Gasteiger partial charge in [0.05, 0.1) is 12.2 Å². The zero-order chi connectivity index (χ0) is 18.0. The lowest BCUT2D eigenvalue weighted by atomic mass is 9.86. The highest BCUT2D eigenvalue weighted by molar-refractivity contribution is 5.86. The molecule has 2 fully saturated rings. The van der Waals surface area contributed by atoms with E-state index in [0.717, 1.165) is 70.1 Å². The Morgan fingerprint density at radius 1 is 1.21 bits per heavy atom. The molecular weight excluding hydrogens is 403 g/mol. The van der Waals surface area contributed by atoms with E-state index in [-0.39, 0.29) is 30.7 Å². The predicted octanol–water partition coefficient (Wildman–Crippen LogP) is 1.45. The minimum absolute atomic E-state index is 0. The van der Waals surface area contributed by atoms with Crippen molar-refractivity contribution < 1.29 is 9.32 Å².